The van der Waals surface area contributed by atoms with Crippen molar-refractivity contribution in [3.8, 4) is 0 Å². The Morgan fingerprint density at radius 2 is 1.76 bits per heavy atom. The molecule has 1 saturated heterocycles. The second-order valence-corrected chi connectivity index (χ2v) is 9.90. The Balaban J connectivity index is 1.40. The number of aryl methyl sites for hydroxylation is 2. The van der Waals surface area contributed by atoms with Gasteiger partial charge < -0.3 is 5.32 Å². The molecule has 174 valence electrons. The number of halogens is 1. The van der Waals surface area contributed by atoms with Crippen molar-refractivity contribution in [1.29, 1.82) is 0 Å². The Labute approximate surface area is 208 Å². The van der Waals surface area contributed by atoms with Crippen LogP contribution >= 0.6 is 23.4 Å². The molecule has 1 atom stereocenters. The largest absolute Gasteiger partial charge is 0.326 e. The van der Waals surface area contributed by atoms with Gasteiger partial charge in [0.1, 0.15) is 0 Å². The summed E-state index contributed by atoms with van der Waals surface area (Å²) in [5.41, 5.74) is 4.19. The maximum absolute atomic E-state index is 13.2. The first-order valence-corrected chi connectivity index (χ1v) is 12.4. The third kappa shape index (κ3) is 5.34. The number of hydrogen-bond donors (Lipinski definition) is 1. The highest BCUT2D eigenvalue weighted by molar-refractivity contribution is 8.00. The lowest BCUT2D eigenvalue weighted by molar-refractivity contribution is -0.121. The molecular weight excluding hydrogens is 468 g/mol. The first kappa shape index (κ1) is 24.0. The second kappa shape index (κ2) is 10.5. The van der Waals surface area contributed by atoms with E-state index in [-0.39, 0.29) is 30.6 Å². The van der Waals surface area contributed by atoms with Crippen LogP contribution in [0.25, 0.3) is 0 Å². The fourth-order valence-corrected chi connectivity index (χ4v) is 5.21. The van der Waals surface area contributed by atoms with Gasteiger partial charge in [0.15, 0.2) is 0 Å². The number of imide groups is 1. The molecule has 34 heavy (non-hydrogen) atoms. The van der Waals surface area contributed by atoms with Gasteiger partial charge in [-0.1, -0.05) is 48.9 Å². The third-order valence-electron chi connectivity index (χ3n) is 5.73. The molecule has 4 rings (SSSR count). The molecule has 0 aliphatic carbocycles. The van der Waals surface area contributed by atoms with E-state index in [4.69, 9.17) is 11.6 Å². The van der Waals surface area contributed by atoms with Gasteiger partial charge in [-0.25, -0.2) is 4.90 Å². The van der Waals surface area contributed by atoms with Crippen molar-refractivity contribution in [2.45, 2.75) is 43.3 Å². The molecule has 0 saturated carbocycles. The maximum atomic E-state index is 13.2. The van der Waals surface area contributed by atoms with E-state index in [0.29, 0.717) is 10.7 Å². The Morgan fingerprint density at radius 1 is 1.06 bits per heavy atom. The maximum Gasteiger partial charge on any atom is 0.247 e. The molecule has 1 unspecified atom stereocenters. The van der Waals surface area contributed by atoms with Crippen LogP contribution in [0.1, 0.15) is 30.0 Å². The minimum atomic E-state index is -0.470. The summed E-state index contributed by atoms with van der Waals surface area (Å²) >= 11 is 7.26. The molecule has 0 aromatic heterocycles. The number of carbonyl (C=O) groups is 3. The molecule has 0 bridgehead atoms. The Bertz CT molecular complexity index is 1230. The molecule has 0 spiro atoms. The van der Waals surface area contributed by atoms with Crippen LogP contribution < -0.4 is 10.2 Å². The van der Waals surface area contributed by atoms with E-state index < -0.39 is 5.25 Å². The topological polar surface area (TPSA) is 66.5 Å². The summed E-state index contributed by atoms with van der Waals surface area (Å²) in [4.78, 5) is 40.5. The zero-order valence-corrected chi connectivity index (χ0v) is 20.6. The number of benzene rings is 3. The van der Waals surface area contributed by atoms with Gasteiger partial charge in [0.25, 0.3) is 0 Å². The van der Waals surface area contributed by atoms with Gasteiger partial charge in [-0.2, -0.15) is 0 Å². The fourth-order valence-electron chi connectivity index (χ4n) is 4.03. The molecule has 3 aromatic rings. The lowest BCUT2D eigenvalue weighted by Gasteiger charge is -2.20. The number of para-hydroxylation sites is 1. The van der Waals surface area contributed by atoms with Crippen LogP contribution in [0.2, 0.25) is 5.02 Å². The normalized spacial score (nSPS) is 15.6. The van der Waals surface area contributed by atoms with Gasteiger partial charge in [-0.05, 0) is 66.4 Å². The molecule has 5 nitrogen and oxygen atoms in total. The summed E-state index contributed by atoms with van der Waals surface area (Å²) in [6.45, 7) is 3.95. The summed E-state index contributed by atoms with van der Waals surface area (Å²) < 4.78 is 0. The first-order valence-electron chi connectivity index (χ1n) is 11.1. The molecule has 1 N–H and O–H groups in total. The van der Waals surface area contributed by atoms with E-state index >= 15 is 0 Å². The fraction of sp³-hybridized carbons (Fsp3) is 0.222. The lowest BCUT2D eigenvalue weighted by atomic mass is 10.0. The highest BCUT2D eigenvalue weighted by Crippen LogP contribution is 2.37. The molecule has 1 aliphatic heterocycles. The van der Waals surface area contributed by atoms with E-state index in [1.165, 1.54) is 16.7 Å². The van der Waals surface area contributed by atoms with Crippen molar-refractivity contribution < 1.29 is 14.4 Å². The minimum absolute atomic E-state index is 0.125. The number of nitrogens with zero attached hydrogens (tertiary/aromatic N) is 1. The predicted molar refractivity (Wildman–Crippen MR) is 138 cm³/mol. The monoisotopic (exact) mass is 492 g/mol. The number of anilines is 2. The van der Waals surface area contributed by atoms with Gasteiger partial charge in [0, 0.05) is 22.0 Å². The number of amides is 3. The number of nitrogens with one attached hydrogen (secondary N) is 1. The summed E-state index contributed by atoms with van der Waals surface area (Å²) in [6.07, 6.45) is 1.17. The van der Waals surface area contributed by atoms with Gasteiger partial charge in [-0.15, -0.1) is 11.8 Å². The van der Waals surface area contributed by atoms with Crippen LogP contribution in [-0.4, -0.2) is 23.0 Å². The quantitative estimate of drug-likeness (QED) is 0.422. The van der Waals surface area contributed by atoms with Crippen LogP contribution in [0.4, 0.5) is 11.4 Å². The molecule has 0 radical (unpaired) electrons. The minimum Gasteiger partial charge on any atom is -0.326 e. The van der Waals surface area contributed by atoms with Crippen molar-refractivity contribution in [3.05, 3.63) is 88.4 Å². The summed E-state index contributed by atoms with van der Waals surface area (Å²) in [7, 11) is 0. The van der Waals surface area contributed by atoms with Crippen LogP contribution in [0.5, 0.6) is 0 Å². The molecular formula is C27H25ClN2O3S. The zero-order valence-electron chi connectivity index (χ0n) is 19.0. The average Bonchev–Trinajstić information content (AvgIpc) is 3.09. The molecule has 3 amide bonds. The van der Waals surface area contributed by atoms with Crippen molar-refractivity contribution in [3.63, 3.8) is 0 Å². The van der Waals surface area contributed by atoms with Crippen molar-refractivity contribution in [1.82, 2.24) is 0 Å². The molecule has 3 aromatic carbocycles. The van der Waals surface area contributed by atoms with Gasteiger partial charge >= 0.3 is 0 Å². The number of rotatable bonds is 7. The zero-order chi connectivity index (χ0) is 24.2. The lowest BCUT2D eigenvalue weighted by Crippen LogP contribution is -2.32. The molecule has 1 heterocycles. The Hall–Kier alpha value is -3.09. The average molecular weight is 493 g/mol. The van der Waals surface area contributed by atoms with Crippen molar-refractivity contribution in [2.75, 3.05) is 10.2 Å². The number of hydrogen-bond acceptors (Lipinski definition) is 4. The second-order valence-electron chi connectivity index (χ2n) is 8.19. The smallest absolute Gasteiger partial charge is 0.247 e. The number of carbonyl (C=O) groups excluding carboxylic acids is 3. The van der Waals surface area contributed by atoms with E-state index in [2.05, 4.69) is 5.32 Å². The summed E-state index contributed by atoms with van der Waals surface area (Å²) in [6, 6.07) is 20.3. The highest BCUT2D eigenvalue weighted by atomic mass is 35.5. The van der Waals surface area contributed by atoms with E-state index in [9.17, 15) is 14.4 Å². The van der Waals surface area contributed by atoms with Gasteiger partial charge in [0.05, 0.1) is 17.4 Å². The predicted octanol–water partition coefficient (Wildman–Crippen LogP) is 5.82. The van der Waals surface area contributed by atoms with E-state index in [1.807, 2.05) is 56.3 Å². The SMILES string of the molecule is CCc1cccc(C)c1N1C(=O)CC(Sc2ccc(NC(=O)Cc3ccc(Cl)cc3)cc2)C1=O. The summed E-state index contributed by atoms with van der Waals surface area (Å²) in [5.74, 6) is -0.475. The van der Waals surface area contributed by atoms with Crippen molar-refractivity contribution >= 4 is 52.5 Å². The molecule has 1 aliphatic rings. The third-order valence-corrected chi connectivity index (χ3v) is 7.17. The first-order chi connectivity index (χ1) is 16.4. The van der Waals surface area contributed by atoms with E-state index in [0.717, 1.165) is 33.7 Å². The van der Waals surface area contributed by atoms with Gasteiger partial charge in [0.2, 0.25) is 17.7 Å². The standard InChI is InChI=1S/C27H25ClN2O3S/c1-3-19-6-4-5-17(2)26(19)30-25(32)16-23(27(30)33)34-22-13-11-21(12-14-22)29-24(31)15-18-7-9-20(28)10-8-18/h4-14,23H,3,15-16H2,1-2H3,(H,29,31). The molecule has 7 heteroatoms. The van der Waals surface area contributed by atoms with Crippen LogP contribution in [-0.2, 0) is 27.2 Å². The highest BCUT2D eigenvalue weighted by Gasteiger charge is 2.41. The van der Waals surface area contributed by atoms with Crippen LogP contribution in [0.15, 0.2) is 71.6 Å². The Morgan fingerprint density at radius 3 is 2.44 bits per heavy atom. The van der Waals surface area contributed by atoms with Crippen LogP contribution in [0, 0.1) is 6.92 Å². The summed E-state index contributed by atoms with van der Waals surface area (Å²) in [5, 5.41) is 3.04. The number of thioether (sulfide) groups is 1. The molecule has 1 fully saturated rings. The van der Waals surface area contributed by atoms with Crippen LogP contribution in [0.3, 0.4) is 0 Å². The van der Waals surface area contributed by atoms with Crippen molar-refractivity contribution in [2.24, 2.45) is 0 Å². The van der Waals surface area contributed by atoms with Gasteiger partial charge in [-0.3, -0.25) is 14.4 Å². The van der Waals surface area contributed by atoms with E-state index in [1.54, 1.807) is 24.3 Å². The Kier molecular flexibility index (Phi) is 7.39.